The first-order valence-electron chi connectivity index (χ1n) is 18.7. The number of hydrogen-bond acceptors (Lipinski definition) is 9. The molecule has 4 atom stereocenters. The van der Waals surface area contributed by atoms with Gasteiger partial charge in [0.05, 0.1) is 18.2 Å². The number of amides is 3. The monoisotopic (exact) mass is 729 g/mol. The van der Waals surface area contributed by atoms with Gasteiger partial charge in [-0.15, -0.1) is 0 Å². The highest BCUT2D eigenvalue weighted by molar-refractivity contribution is 6.00. The quantitative estimate of drug-likeness (QED) is 0.229. The normalized spacial score (nSPS) is 26.4. The lowest BCUT2D eigenvalue weighted by Crippen LogP contribution is -2.50. The summed E-state index contributed by atoms with van der Waals surface area (Å²) in [6, 6.07) is 5.42. The highest BCUT2D eigenvalue weighted by atomic mass is 19.1. The third-order valence-corrected chi connectivity index (χ3v) is 11.0. The Morgan fingerprint density at radius 3 is 2.33 bits per heavy atom. The molecule has 1 saturated heterocycles. The highest BCUT2D eigenvalue weighted by Gasteiger charge is 2.47. The Kier molecular flexibility index (Phi) is 13.2. The second-order valence-electron chi connectivity index (χ2n) is 15.7. The van der Waals surface area contributed by atoms with Gasteiger partial charge in [-0.1, -0.05) is 0 Å². The number of alkyl halides is 1. The molecular formula is C39H56FN3O9. The Morgan fingerprint density at radius 1 is 0.981 bits per heavy atom. The van der Waals surface area contributed by atoms with E-state index in [0.29, 0.717) is 48.9 Å². The van der Waals surface area contributed by atoms with Crippen LogP contribution in [0.4, 0.5) is 14.9 Å². The number of nitrogens with one attached hydrogen (secondary N) is 2. The van der Waals surface area contributed by atoms with E-state index in [9.17, 15) is 23.6 Å². The molecule has 0 unspecified atom stereocenters. The maximum atomic E-state index is 14.3. The summed E-state index contributed by atoms with van der Waals surface area (Å²) in [6.07, 6.45) is 6.02. The van der Waals surface area contributed by atoms with Gasteiger partial charge in [-0.3, -0.25) is 9.59 Å². The number of carbonyl (C=O) groups is 4. The molecule has 52 heavy (non-hydrogen) atoms. The van der Waals surface area contributed by atoms with Crippen molar-refractivity contribution in [3.8, 4) is 0 Å². The van der Waals surface area contributed by atoms with Gasteiger partial charge in [-0.25, -0.2) is 14.0 Å². The van der Waals surface area contributed by atoms with E-state index < -0.39 is 36.4 Å². The van der Waals surface area contributed by atoms with Crippen molar-refractivity contribution in [2.75, 3.05) is 39.4 Å². The van der Waals surface area contributed by atoms with Gasteiger partial charge in [0, 0.05) is 37.8 Å². The molecule has 2 saturated carbocycles. The summed E-state index contributed by atoms with van der Waals surface area (Å²) in [4.78, 5) is 55.2. The van der Waals surface area contributed by atoms with Crippen molar-refractivity contribution in [2.45, 2.75) is 115 Å². The molecule has 2 aromatic rings. The molecular weight excluding hydrogens is 673 g/mol. The second kappa shape index (κ2) is 17.4. The van der Waals surface area contributed by atoms with E-state index in [4.69, 9.17) is 23.4 Å². The molecule has 3 aliphatic rings. The molecule has 1 aromatic carbocycles. The number of nitrogens with zero attached hydrogens (tertiary/aromatic N) is 1. The number of furan rings is 1. The van der Waals surface area contributed by atoms with E-state index in [2.05, 4.69) is 10.6 Å². The smallest absolute Gasteiger partial charge is 0.407 e. The Bertz CT molecular complexity index is 1540. The van der Waals surface area contributed by atoms with E-state index in [1.54, 1.807) is 64.0 Å². The van der Waals surface area contributed by atoms with Gasteiger partial charge in [-0.2, -0.15) is 0 Å². The fourth-order valence-corrected chi connectivity index (χ4v) is 8.16. The number of esters is 1. The fraction of sp³-hybridized carbons (Fsp3) is 0.692. The van der Waals surface area contributed by atoms with Gasteiger partial charge in [-0.05, 0) is 128 Å². The first-order valence-corrected chi connectivity index (χ1v) is 18.7. The first-order chi connectivity index (χ1) is 24.8. The number of anilines is 1. The Labute approximate surface area is 305 Å². The predicted molar refractivity (Wildman–Crippen MR) is 193 cm³/mol. The Morgan fingerprint density at radius 2 is 1.69 bits per heavy atom. The van der Waals surface area contributed by atoms with Crippen molar-refractivity contribution in [1.29, 1.82) is 0 Å². The molecule has 3 fully saturated rings. The number of alkyl carbamates (subject to hydrolysis) is 1. The van der Waals surface area contributed by atoms with Crippen LogP contribution in [0, 0.1) is 23.7 Å². The molecule has 12 nitrogen and oxygen atoms in total. The molecule has 0 bridgehead atoms. The van der Waals surface area contributed by atoms with Crippen LogP contribution in [-0.2, 0) is 28.5 Å². The van der Waals surface area contributed by atoms with Crippen LogP contribution >= 0.6 is 0 Å². The van der Waals surface area contributed by atoms with Gasteiger partial charge in [0.15, 0.2) is 0 Å². The molecule has 5 rings (SSSR count). The largest absolute Gasteiger partial charge is 0.457 e. The minimum atomic E-state index is -0.715. The number of rotatable bonds is 12. The van der Waals surface area contributed by atoms with Gasteiger partial charge in [0.2, 0.25) is 17.6 Å². The van der Waals surface area contributed by atoms with Crippen LogP contribution in [0.3, 0.4) is 0 Å². The van der Waals surface area contributed by atoms with Crippen LogP contribution in [0.5, 0.6) is 0 Å². The maximum absolute atomic E-state index is 14.3. The summed E-state index contributed by atoms with van der Waals surface area (Å²) in [5.74, 6) is -0.958. The van der Waals surface area contributed by atoms with Crippen LogP contribution in [0.25, 0.3) is 11.0 Å². The van der Waals surface area contributed by atoms with Crippen molar-refractivity contribution in [1.82, 2.24) is 10.2 Å². The van der Waals surface area contributed by atoms with E-state index >= 15 is 0 Å². The summed E-state index contributed by atoms with van der Waals surface area (Å²) in [6.45, 7) is 6.93. The molecule has 0 radical (unpaired) electrons. The highest BCUT2D eigenvalue weighted by Crippen LogP contribution is 2.42. The predicted octanol–water partition coefficient (Wildman–Crippen LogP) is 6.65. The minimum absolute atomic E-state index is 0.000522. The molecule has 288 valence electrons. The van der Waals surface area contributed by atoms with Crippen molar-refractivity contribution in [3.05, 3.63) is 30.0 Å². The van der Waals surface area contributed by atoms with Crippen LogP contribution in [-0.4, -0.2) is 92.7 Å². The molecule has 13 heteroatoms. The van der Waals surface area contributed by atoms with Crippen molar-refractivity contribution < 1.29 is 46.9 Å². The van der Waals surface area contributed by atoms with E-state index in [1.807, 2.05) is 0 Å². The number of methoxy groups -OCH3 is 2. The topological polar surface area (TPSA) is 146 Å². The SMILES string of the molecule is COC1CCC([C@H]2CCN(C(=O)C3CCC([C@@H](CF)NC(=O)OC(C)(C)C)CC3)[C@H]2C(=O)Nc2ccc3oc(C(=O)OC[C@H](C)OC)cc3c2)CC1. The summed E-state index contributed by atoms with van der Waals surface area (Å²) in [5, 5.41) is 6.39. The molecule has 1 aliphatic heterocycles. The van der Waals surface area contributed by atoms with Crippen molar-refractivity contribution in [3.63, 3.8) is 0 Å². The lowest BCUT2D eigenvalue weighted by Gasteiger charge is -2.38. The standard InChI is InChI=1S/C39H56FN3O9/c1-23(48-5)22-50-37(46)33-20-27-19-28(13-16-32(27)51-33)41-35(44)34-30(24-11-14-29(49-6)15-12-24)17-18-43(34)36(45)26-9-7-25(8-10-26)31(21-40)42-38(47)52-39(2,3)4/h13,16,19-20,23-26,29-31,34H,7-12,14-15,17-18,21-22H2,1-6H3,(H,41,44)(H,42,47)/t23-,24?,25?,26?,29?,30+,31+,34+/m0/s1. The second-order valence-corrected chi connectivity index (χ2v) is 15.7. The number of hydrogen-bond donors (Lipinski definition) is 2. The molecule has 0 spiro atoms. The number of halogens is 1. The van der Waals surface area contributed by atoms with Gasteiger partial charge < -0.3 is 38.9 Å². The third kappa shape index (κ3) is 9.83. The number of likely N-dealkylation sites (tertiary alicyclic amines) is 1. The zero-order valence-corrected chi connectivity index (χ0v) is 31.4. The molecule has 1 aromatic heterocycles. The molecule has 2 aliphatic carbocycles. The molecule has 2 N–H and O–H groups in total. The average Bonchev–Trinajstić information content (AvgIpc) is 3.77. The van der Waals surface area contributed by atoms with E-state index in [0.717, 1.165) is 32.1 Å². The number of fused-ring (bicyclic) bond motifs is 1. The van der Waals surface area contributed by atoms with Crippen LogP contribution in [0.2, 0.25) is 0 Å². The van der Waals surface area contributed by atoms with Gasteiger partial charge >= 0.3 is 12.1 Å². The van der Waals surface area contributed by atoms with Crippen LogP contribution < -0.4 is 10.6 Å². The fourth-order valence-electron chi connectivity index (χ4n) is 8.16. The van der Waals surface area contributed by atoms with Gasteiger partial charge in [0.25, 0.3) is 0 Å². The first kappa shape index (κ1) is 39.5. The Hall–Kier alpha value is -3.71. The minimum Gasteiger partial charge on any atom is -0.457 e. The van der Waals surface area contributed by atoms with E-state index in [-0.39, 0.29) is 60.1 Å². The van der Waals surface area contributed by atoms with Crippen molar-refractivity contribution in [2.24, 2.45) is 23.7 Å². The Balaban J connectivity index is 1.27. The molecule has 3 amide bonds. The zero-order chi connectivity index (χ0) is 37.6. The van der Waals surface area contributed by atoms with Crippen LogP contribution in [0.1, 0.15) is 96.0 Å². The van der Waals surface area contributed by atoms with Gasteiger partial charge in [0.1, 0.15) is 30.5 Å². The number of carbonyl (C=O) groups excluding carboxylic acids is 4. The average molecular weight is 730 g/mol. The zero-order valence-electron chi connectivity index (χ0n) is 31.4. The lowest BCUT2D eigenvalue weighted by molar-refractivity contribution is -0.142. The van der Waals surface area contributed by atoms with Crippen LogP contribution in [0.15, 0.2) is 28.7 Å². The molecule has 2 heterocycles. The summed E-state index contributed by atoms with van der Waals surface area (Å²) < 4.78 is 41.2. The maximum Gasteiger partial charge on any atom is 0.407 e. The lowest BCUT2D eigenvalue weighted by atomic mass is 9.75. The third-order valence-electron chi connectivity index (χ3n) is 11.0. The summed E-state index contributed by atoms with van der Waals surface area (Å²) >= 11 is 0. The summed E-state index contributed by atoms with van der Waals surface area (Å²) in [5.41, 5.74) is 0.313. The summed E-state index contributed by atoms with van der Waals surface area (Å²) in [7, 11) is 3.27. The number of benzene rings is 1. The van der Waals surface area contributed by atoms with Crippen molar-refractivity contribution >= 4 is 40.5 Å². The van der Waals surface area contributed by atoms with E-state index in [1.165, 1.54) is 7.11 Å². The number of ether oxygens (including phenoxy) is 4.